The Balaban J connectivity index is 1.94. The topological polar surface area (TPSA) is 58.2 Å². The van der Waals surface area contributed by atoms with Gasteiger partial charge in [-0.3, -0.25) is 14.9 Å². The minimum atomic E-state index is -0.513. The first kappa shape index (κ1) is 13.2. The quantitative estimate of drug-likeness (QED) is 0.771. The number of carbonyl (C=O) groups excluding carboxylic acids is 2. The zero-order valence-electron chi connectivity index (χ0n) is 10.2. The summed E-state index contributed by atoms with van der Waals surface area (Å²) in [5, 5.41) is 5.39. The first-order valence-electron chi connectivity index (χ1n) is 5.88. The van der Waals surface area contributed by atoms with Gasteiger partial charge >= 0.3 is 0 Å². The van der Waals surface area contributed by atoms with Crippen LogP contribution in [0.2, 0.25) is 0 Å². The fourth-order valence-electron chi connectivity index (χ4n) is 1.88. The van der Waals surface area contributed by atoms with E-state index < -0.39 is 11.9 Å². The Hall–Kier alpha value is -2.19. The van der Waals surface area contributed by atoms with E-state index in [1.54, 1.807) is 6.07 Å². The van der Waals surface area contributed by atoms with Crippen LogP contribution in [0, 0.1) is 18.2 Å². The van der Waals surface area contributed by atoms with Crippen molar-refractivity contribution in [1.82, 2.24) is 10.6 Å². The minimum Gasteiger partial charge on any atom is -0.351 e. The van der Waals surface area contributed by atoms with Crippen molar-refractivity contribution in [1.29, 1.82) is 0 Å². The smallest absolute Gasteiger partial charge is 0.237 e. The van der Waals surface area contributed by atoms with Gasteiger partial charge in [-0.15, -0.1) is 6.42 Å². The van der Waals surface area contributed by atoms with Crippen LogP contribution in [0.5, 0.6) is 0 Å². The van der Waals surface area contributed by atoms with Crippen molar-refractivity contribution in [3.05, 3.63) is 35.1 Å². The van der Waals surface area contributed by atoms with Crippen LogP contribution in [0.25, 0.3) is 0 Å². The molecule has 1 aromatic rings. The maximum Gasteiger partial charge on any atom is 0.237 e. The third-order valence-electron chi connectivity index (χ3n) is 2.97. The van der Waals surface area contributed by atoms with Crippen molar-refractivity contribution in [2.75, 3.05) is 6.54 Å². The molecule has 0 saturated carbocycles. The molecule has 4 nitrogen and oxygen atoms in total. The van der Waals surface area contributed by atoms with Gasteiger partial charge in [-0.1, -0.05) is 12.0 Å². The summed E-state index contributed by atoms with van der Waals surface area (Å²) >= 11 is 0. The summed E-state index contributed by atoms with van der Waals surface area (Å²) in [4.78, 5) is 22.8. The van der Waals surface area contributed by atoms with Gasteiger partial charge in [0.15, 0.2) is 0 Å². The summed E-state index contributed by atoms with van der Waals surface area (Å²) in [5.74, 6) is 1.59. The first-order chi connectivity index (χ1) is 9.10. The van der Waals surface area contributed by atoms with Crippen molar-refractivity contribution < 1.29 is 14.0 Å². The fourth-order valence-corrected chi connectivity index (χ4v) is 1.88. The third-order valence-corrected chi connectivity index (χ3v) is 2.97. The fraction of sp³-hybridized carbons (Fsp3) is 0.286. The molecule has 1 aromatic carbocycles. The van der Waals surface area contributed by atoms with Crippen molar-refractivity contribution in [3.63, 3.8) is 0 Å². The molecule has 1 fully saturated rings. The molecule has 1 amide bonds. The standard InChI is InChI=1S/C14H13FN2O2/c1-2-9-3-4-10(12(15)5-9)7-17-14(19)13-6-11(18)8-16-13/h1,3-5,13,16H,6-8H2,(H,17,19)/t13-/m0/s1. The molecule has 0 aliphatic carbocycles. The number of nitrogens with one attached hydrogen (secondary N) is 2. The van der Waals surface area contributed by atoms with Crippen LogP contribution >= 0.6 is 0 Å². The number of ketones is 1. The number of Topliss-reactive ketones (excluding diaryl/α,β-unsaturated/α-hetero) is 1. The number of carbonyl (C=O) groups is 2. The molecule has 1 saturated heterocycles. The minimum absolute atomic E-state index is 0.00436. The van der Waals surface area contributed by atoms with Crippen LogP contribution in [-0.2, 0) is 16.1 Å². The Bertz CT molecular complexity index is 563. The largest absolute Gasteiger partial charge is 0.351 e. The van der Waals surface area contributed by atoms with Crippen LogP contribution in [0.15, 0.2) is 18.2 Å². The molecule has 0 aromatic heterocycles. The van der Waals surface area contributed by atoms with Crippen LogP contribution in [-0.4, -0.2) is 24.3 Å². The molecule has 98 valence electrons. The lowest BCUT2D eigenvalue weighted by molar-refractivity contribution is -0.124. The van der Waals surface area contributed by atoms with Gasteiger partial charge in [-0.25, -0.2) is 4.39 Å². The van der Waals surface area contributed by atoms with E-state index in [1.807, 2.05) is 0 Å². The monoisotopic (exact) mass is 260 g/mol. The molecule has 0 radical (unpaired) electrons. The van der Waals surface area contributed by atoms with E-state index in [0.717, 1.165) is 0 Å². The Morgan fingerprint density at radius 2 is 2.37 bits per heavy atom. The molecule has 2 rings (SSSR count). The second-order valence-electron chi connectivity index (χ2n) is 4.34. The number of hydrogen-bond acceptors (Lipinski definition) is 3. The van der Waals surface area contributed by atoms with Gasteiger partial charge in [-0.2, -0.15) is 0 Å². The summed E-state index contributed by atoms with van der Waals surface area (Å²) in [5.41, 5.74) is 0.812. The summed E-state index contributed by atoms with van der Waals surface area (Å²) in [6.07, 6.45) is 5.34. The highest BCUT2D eigenvalue weighted by Crippen LogP contribution is 2.10. The number of terminal acetylenes is 1. The molecule has 1 atom stereocenters. The Kier molecular flexibility index (Phi) is 3.93. The van der Waals surface area contributed by atoms with Crippen molar-refractivity contribution >= 4 is 11.7 Å². The zero-order chi connectivity index (χ0) is 13.8. The molecule has 1 heterocycles. The second-order valence-corrected chi connectivity index (χ2v) is 4.34. The second kappa shape index (κ2) is 5.63. The first-order valence-corrected chi connectivity index (χ1v) is 5.88. The van der Waals surface area contributed by atoms with Gasteiger partial charge < -0.3 is 5.32 Å². The van der Waals surface area contributed by atoms with E-state index in [9.17, 15) is 14.0 Å². The van der Waals surface area contributed by atoms with Crippen LogP contribution in [0.3, 0.4) is 0 Å². The van der Waals surface area contributed by atoms with E-state index in [-0.39, 0.29) is 31.2 Å². The lowest BCUT2D eigenvalue weighted by atomic mass is 10.1. The average Bonchev–Trinajstić information content (AvgIpc) is 2.83. The molecule has 0 spiro atoms. The third kappa shape index (κ3) is 3.18. The van der Waals surface area contributed by atoms with E-state index >= 15 is 0 Å². The number of rotatable bonds is 3. The van der Waals surface area contributed by atoms with Gasteiger partial charge in [-0.05, 0) is 12.1 Å². The molecule has 1 aliphatic rings. The molecule has 1 aliphatic heterocycles. The van der Waals surface area contributed by atoms with Crippen molar-refractivity contribution in [2.45, 2.75) is 19.0 Å². The van der Waals surface area contributed by atoms with Gasteiger partial charge in [0.25, 0.3) is 0 Å². The van der Waals surface area contributed by atoms with Gasteiger partial charge in [0.1, 0.15) is 11.6 Å². The molecular weight excluding hydrogens is 247 g/mol. The van der Waals surface area contributed by atoms with E-state index in [0.29, 0.717) is 11.1 Å². The van der Waals surface area contributed by atoms with E-state index in [1.165, 1.54) is 12.1 Å². The number of hydrogen-bond donors (Lipinski definition) is 2. The number of benzene rings is 1. The molecule has 5 heteroatoms. The average molecular weight is 260 g/mol. The summed E-state index contributed by atoms with van der Waals surface area (Å²) in [7, 11) is 0. The zero-order valence-corrected chi connectivity index (χ0v) is 10.2. The maximum absolute atomic E-state index is 13.6. The summed E-state index contributed by atoms with van der Waals surface area (Å²) in [6, 6.07) is 3.89. The van der Waals surface area contributed by atoms with Crippen LogP contribution in [0.4, 0.5) is 4.39 Å². The Morgan fingerprint density at radius 3 is 2.95 bits per heavy atom. The van der Waals surface area contributed by atoms with Crippen molar-refractivity contribution in [2.24, 2.45) is 0 Å². The molecular formula is C14H13FN2O2. The highest BCUT2D eigenvalue weighted by Gasteiger charge is 2.27. The van der Waals surface area contributed by atoms with Gasteiger partial charge in [0, 0.05) is 24.1 Å². The Labute approximate surface area is 110 Å². The molecule has 0 bridgehead atoms. The molecule has 0 unspecified atom stereocenters. The van der Waals surface area contributed by atoms with Gasteiger partial charge in [0.2, 0.25) is 5.91 Å². The Morgan fingerprint density at radius 1 is 1.58 bits per heavy atom. The maximum atomic E-state index is 13.6. The van der Waals surface area contributed by atoms with Crippen LogP contribution in [0.1, 0.15) is 17.5 Å². The number of halogens is 1. The SMILES string of the molecule is C#Cc1ccc(CNC(=O)[C@@H]2CC(=O)CN2)c(F)c1. The number of amides is 1. The van der Waals surface area contributed by atoms with E-state index in [2.05, 4.69) is 16.6 Å². The highest BCUT2D eigenvalue weighted by molar-refractivity contribution is 5.93. The lowest BCUT2D eigenvalue weighted by Crippen LogP contribution is -2.40. The van der Waals surface area contributed by atoms with E-state index in [4.69, 9.17) is 6.42 Å². The lowest BCUT2D eigenvalue weighted by Gasteiger charge is -2.11. The predicted octanol–water partition coefficient (Wildman–Crippen LogP) is 0.354. The van der Waals surface area contributed by atoms with Gasteiger partial charge in [0.05, 0.1) is 12.6 Å². The van der Waals surface area contributed by atoms with Crippen molar-refractivity contribution in [3.8, 4) is 12.3 Å². The molecule has 19 heavy (non-hydrogen) atoms. The summed E-state index contributed by atoms with van der Waals surface area (Å²) in [6.45, 7) is 0.283. The predicted molar refractivity (Wildman–Crippen MR) is 67.6 cm³/mol. The molecule has 2 N–H and O–H groups in total. The highest BCUT2D eigenvalue weighted by atomic mass is 19.1. The summed E-state index contributed by atoms with van der Waals surface area (Å²) < 4.78 is 13.6. The normalized spacial score (nSPS) is 18.1. The van der Waals surface area contributed by atoms with Crippen LogP contribution < -0.4 is 10.6 Å².